The van der Waals surface area contributed by atoms with Crippen LogP contribution in [-0.4, -0.2) is 49.7 Å². The molecule has 0 aliphatic carbocycles. The molecular weight excluding hydrogens is 240 g/mol. The van der Waals surface area contributed by atoms with E-state index in [9.17, 15) is 4.79 Å². The average molecular weight is 256 g/mol. The molecule has 0 heterocycles. The van der Waals surface area contributed by atoms with Gasteiger partial charge in [0.05, 0.1) is 20.3 Å². The number of ether oxygens (including phenoxy) is 3. The fourth-order valence-corrected chi connectivity index (χ4v) is 1.37. The molecule has 0 aromatic heterocycles. The lowest BCUT2D eigenvalue weighted by Gasteiger charge is -2.13. The molecule has 0 radical (unpaired) electrons. The molecule has 0 amide bonds. The van der Waals surface area contributed by atoms with Crippen LogP contribution < -0.4 is 9.47 Å². The topological polar surface area (TPSA) is 85.2 Å². The van der Waals surface area contributed by atoms with Crippen molar-refractivity contribution in [1.29, 1.82) is 0 Å². The first-order valence-corrected chi connectivity index (χ1v) is 5.43. The van der Waals surface area contributed by atoms with E-state index in [1.807, 2.05) is 0 Å². The molecule has 18 heavy (non-hydrogen) atoms. The quantitative estimate of drug-likeness (QED) is 0.679. The summed E-state index contributed by atoms with van der Waals surface area (Å²) in [7, 11) is 1.25. The largest absolute Gasteiger partial charge is 0.490 e. The van der Waals surface area contributed by atoms with Crippen molar-refractivity contribution in [3.63, 3.8) is 0 Å². The molecule has 0 unspecified atom stereocenters. The Morgan fingerprint density at radius 2 is 1.61 bits per heavy atom. The fraction of sp³-hybridized carbons (Fsp3) is 0.417. The van der Waals surface area contributed by atoms with Crippen LogP contribution in [0.25, 0.3) is 0 Å². The zero-order valence-corrected chi connectivity index (χ0v) is 10.1. The van der Waals surface area contributed by atoms with Gasteiger partial charge in [-0.3, -0.25) is 0 Å². The van der Waals surface area contributed by atoms with Crippen LogP contribution in [0.15, 0.2) is 18.2 Å². The smallest absolute Gasteiger partial charge is 0.345 e. The highest BCUT2D eigenvalue weighted by molar-refractivity contribution is 5.95. The van der Waals surface area contributed by atoms with E-state index in [2.05, 4.69) is 4.74 Å². The minimum Gasteiger partial charge on any atom is -0.490 e. The number of hydrogen-bond donors (Lipinski definition) is 2. The second kappa shape index (κ2) is 7.52. The molecule has 0 atom stereocenters. The number of aliphatic hydroxyl groups excluding tert-OH is 2. The van der Waals surface area contributed by atoms with E-state index in [1.54, 1.807) is 18.2 Å². The molecule has 0 aliphatic heterocycles. The van der Waals surface area contributed by atoms with Crippen molar-refractivity contribution in [2.24, 2.45) is 0 Å². The summed E-state index contributed by atoms with van der Waals surface area (Å²) in [6.07, 6.45) is 0. The third kappa shape index (κ3) is 3.61. The number of rotatable bonds is 7. The first-order chi connectivity index (χ1) is 8.74. The van der Waals surface area contributed by atoms with E-state index in [1.165, 1.54) is 7.11 Å². The van der Waals surface area contributed by atoms with Crippen LogP contribution in [0.2, 0.25) is 0 Å². The van der Waals surface area contributed by atoms with Gasteiger partial charge in [0.2, 0.25) is 0 Å². The maximum Gasteiger partial charge on any atom is 0.345 e. The summed E-state index contributed by atoms with van der Waals surface area (Å²) in [5.41, 5.74) is 0.141. The lowest BCUT2D eigenvalue weighted by atomic mass is 10.2. The van der Waals surface area contributed by atoms with Crippen LogP contribution in [0, 0.1) is 0 Å². The maximum absolute atomic E-state index is 11.7. The molecule has 1 rings (SSSR count). The lowest BCUT2D eigenvalue weighted by Crippen LogP contribution is -2.12. The fourth-order valence-electron chi connectivity index (χ4n) is 1.37. The number of aliphatic hydroxyl groups is 2. The Hall–Kier alpha value is -1.79. The average Bonchev–Trinajstić information content (AvgIpc) is 2.41. The summed E-state index contributed by atoms with van der Waals surface area (Å²) in [5, 5.41) is 17.4. The van der Waals surface area contributed by atoms with Gasteiger partial charge in [-0.25, -0.2) is 4.79 Å². The molecule has 2 N–H and O–H groups in total. The van der Waals surface area contributed by atoms with Gasteiger partial charge in [-0.15, -0.1) is 0 Å². The lowest BCUT2D eigenvalue weighted by molar-refractivity contribution is 0.0588. The zero-order chi connectivity index (χ0) is 13.4. The van der Waals surface area contributed by atoms with E-state index < -0.39 is 5.97 Å². The van der Waals surface area contributed by atoms with Gasteiger partial charge in [0.1, 0.15) is 30.3 Å². The van der Waals surface area contributed by atoms with Crippen molar-refractivity contribution in [1.82, 2.24) is 0 Å². The summed E-state index contributed by atoms with van der Waals surface area (Å²) in [6.45, 7) is -0.203. The Morgan fingerprint density at radius 1 is 1.11 bits per heavy atom. The highest BCUT2D eigenvalue weighted by Gasteiger charge is 2.19. The summed E-state index contributed by atoms with van der Waals surface area (Å²) < 4.78 is 15.1. The zero-order valence-electron chi connectivity index (χ0n) is 10.1. The van der Waals surface area contributed by atoms with Gasteiger partial charge >= 0.3 is 5.97 Å². The number of carbonyl (C=O) groups is 1. The van der Waals surface area contributed by atoms with Gasteiger partial charge in [0.25, 0.3) is 0 Å². The SMILES string of the molecule is COC(=O)c1c(OCCO)cccc1OCCO. The highest BCUT2D eigenvalue weighted by Crippen LogP contribution is 2.29. The van der Waals surface area contributed by atoms with Crippen LogP contribution in [-0.2, 0) is 4.74 Å². The Balaban J connectivity index is 3.04. The summed E-state index contributed by atoms with van der Waals surface area (Å²) in [4.78, 5) is 11.7. The minimum atomic E-state index is -0.600. The molecule has 0 saturated carbocycles. The molecule has 0 spiro atoms. The molecule has 0 saturated heterocycles. The number of esters is 1. The molecule has 0 fully saturated rings. The van der Waals surface area contributed by atoms with Crippen molar-refractivity contribution in [2.75, 3.05) is 33.5 Å². The third-order valence-corrected chi connectivity index (χ3v) is 2.08. The van der Waals surface area contributed by atoms with Crippen LogP contribution in [0.5, 0.6) is 11.5 Å². The van der Waals surface area contributed by atoms with Gasteiger partial charge in [0.15, 0.2) is 0 Å². The standard InChI is InChI=1S/C12H16O6/c1-16-12(15)11-9(17-7-5-13)3-2-4-10(11)18-8-6-14/h2-4,13-14H,5-8H2,1H3. The second-order valence-electron chi connectivity index (χ2n) is 3.27. The van der Waals surface area contributed by atoms with Crippen molar-refractivity contribution >= 4 is 5.97 Å². The number of hydrogen-bond acceptors (Lipinski definition) is 6. The predicted molar refractivity (Wildman–Crippen MR) is 62.9 cm³/mol. The minimum absolute atomic E-state index is 0.0629. The van der Waals surface area contributed by atoms with Crippen molar-refractivity contribution in [3.8, 4) is 11.5 Å². The molecule has 0 bridgehead atoms. The monoisotopic (exact) mass is 256 g/mol. The third-order valence-electron chi connectivity index (χ3n) is 2.08. The van der Waals surface area contributed by atoms with E-state index in [-0.39, 0.29) is 43.5 Å². The number of carbonyl (C=O) groups excluding carboxylic acids is 1. The van der Waals surface area contributed by atoms with Crippen molar-refractivity contribution in [2.45, 2.75) is 0 Å². The first-order valence-electron chi connectivity index (χ1n) is 5.43. The maximum atomic E-state index is 11.7. The van der Waals surface area contributed by atoms with E-state index in [4.69, 9.17) is 19.7 Å². The van der Waals surface area contributed by atoms with Crippen LogP contribution in [0.4, 0.5) is 0 Å². The Kier molecular flexibility index (Phi) is 5.96. The molecule has 100 valence electrons. The molecule has 1 aromatic carbocycles. The first kappa shape index (κ1) is 14.3. The molecular formula is C12H16O6. The van der Waals surface area contributed by atoms with Crippen molar-refractivity contribution in [3.05, 3.63) is 23.8 Å². The normalized spacial score (nSPS) is 9.94. The van der Waals surface area contributed by atoms with Crippen molar-refractivity contribution < 1.29 is 29.2 Å². The highest BCUT2D eigenvalue weighted by atomic mass is 16.5. The van der Waals surface area contributed by atoms with Gasteiger partial charge in [-0.05, 0) is 12.1 Å². The Morgan fingerprint density at radius 3 is 2.00 bits per heavy atom. The van der Waals surface area contributed by atoms with Crippen LogP contribution in [0.1, 0.15) is 10.4 Å². The van der Waals surface area contributed by atoms with E-state index >= 15 is 0 Å². The van der Waals surface area contributed by atoms with Crippen LogP contribution in [0.3, 0.4) is 0 Å². The summed E-state index contributed by atoms with van der Waals surface area (Å²) >= 11 is 0. The Labute approximate surface area is 105 Å². The number of benzene rings is 1. The van der Waals surface area contributed by atoms with Crippen LogP contribution >= 0.6 is 0 Å². The molecule has 6 nitrogen and oxygen atoms in total. The van der Waals surface area contributed by atoms with E-state index in [0.717, 1.165) is 0 Å². The Bertz CT molecular complexity index is 364. The van der Waals surface area contributed by atoms with Gasteiger partial charge in [-0.1, -0.05) is 6.07 Å². The predicted octanol–water partition coefficient (Wildman–Crippen LogP) is 0.215. The molecule has 0 aliphatic rings. The second-order valence-corrected chi connectivity index (χ2v) is 3.27. The van der Waals surface area contributed by atoms with Gasteiger partial charge < -0.3 is 24.4 Å². The van der Waals surface area contributed by atoms with E-state index in [0.29, 0.717) is 0 Å². The summed E-state index contributed by atoms with van der Waals surface area (Å²) in [5.74, 6) is -0.0610. The molecule has 1 aromatic rings. The van der Waals surface area contributed by atoms with Gasteiger partial charge in [0, 0.05) is 0 Å². The van der Waals surface area contributed by atoms with Gasteiger partial charge in [-0.2, -0.15) is 0 Å². The molecule has 6 heteroatoms. The number of methoxy groups -OCH3 is 1. The summed E-state index contributed by atoms with van der Waals surface area (Å²) in [6, 6.07) is 4.80.